The van der Waals surface area contributed by atoms with Gasteiger partial charge in [-0.05, 0) is 5.56 Å². The Morgan fingerprint density at radius 2 is 1.47 bits per heavy atom. The predicted octanol–water partition coefficient (Wildman–Crippen LogP) is 1.68. The highest BCUT2D eigenvalue weighted by molar-refractivity contribution is 5.27. The lowest BCUT2D eigenvalue weighted by Gasteiger charge is -2.50. The van der Waals surface area contributed by atoms with Crippen LogP contribution in [0.3, 0.4) is 0 Å². The minimum atomic E-state index is -0.809. The zero-order valence-electron chi connectivity index (χ0n) is 8.73. The maximum absolute atomic E-state index is 5.58. The third kappa shape index (κ3) is 1.39. The topological polar surface area (TPSA) is 27.7 Å². The number of hydrogen-bond acceptors (Lipinski definition) is 3. The van der Waals surface area contributed by atoms with Crippen molar-refractivity contribution in [2.45, 2.75) is 18.3 Å². The average molecular weight is 206 g/mol. The van der Waals surface area contributed by atoms with Gasteiger partial charge in [-0.25, -0.2) is 0 Å². The molecule has 0 amide bonds. The van der Waals surface area contributed by atoms with Crippen LogP contribution in [0.15, 0.2) is 30.3 Å². The third-order valence-corrected chi connectivity index (χ3v) is 3.22. The van der Waals surface area contributed by atoms with Gasteiger partial charge in [0.25, 0.3) is 5.97 Å². The van der Waals surface area contributed by atoms with Crippen LogP contribution < -0.4 is 0 Å². The van der Waals surface area contributed by atoms with Crippen molar-refractivity contribution in [2.75, 3.05) is 19.8 Å². The maximum atomic E-state index is 5.58. The fourth-order valence-electron chi connectivity index (χ4n) is 2.10. The van der Waals surface area contributed by atoms with Crippen molar-refractivity contribution in [1.82, 2.24) is 0 Å². The molecule has 80 valence electrons. The van der Waals surface area contributed by atoms with Gasteiger partial charge in [0.05, 0.1) is 25.2 Å². The van der Waals surface area contributed by atoms with Crippen molar-refractivity contribution in [3.63, 3.8) is 0 Å². The number of ether oxygens (including phenoxy) is 3. The second-order valence-corrected chi connectivity index (χ2v) is 4.37. The van der Waals surface area contributed by atoms with Crippen LogP contribution in [0.25, 0.3) is 0 Å². The first kappa shape index (κ1) is 9.33. The summed E-state index contributed by atoms with van der Waals surface area (Å²) in [4.78, 5) is 0. The van der Waals surface area contributed by atoms with Gasteiger partial charge in [-0.3, -0.25) is 0 Å². The number of rotatable bonds is 1. The molecule has 0 aromatic heterocycles. The first-order chi connectivity index (χ1) is 7.23. The highest BCUT2D eigenvalue weighted by Crippen LogP contribution is 2.40. The monoisotopic (exact) mass is 206 g/mol. The largest absolute Gasteiger partial charge is 0.327 e. The van der Waals surface area contributed by atoms with Crippen LogP contribution in [-0.4, -0.2) is 25.8 Å². The van der Waals surface area contributed by atoms with E-state index in [1.165, 1.54) is 5.56 Å². The predicted molar refractivity (Wildman–Crippen MR) is 54.4 cm³/mol. The maximum Gasteiger partial charge on any atom is 0.279 e. The summed E-state index contributed by atoms with van der Waals surface area (Å²) in [5, 5.41) is 0. The second kappa shape index (κ2) is 3.04. The quantitative estimate of drug-likeness (QED) is 0.699. The first-order valence-corrected chi connectivity index (χ1v) is 5.20. The Morgan fingerprint density at radius 3 is 2.00 bits per heavy atom. The Labute approximate surface area is 89.0 Å². The van der Waals surface area contributed by atoms with Crippen LogP contribution in [0.5, 0.6) is 0 Å². The lowest BCUT2D eigenvalue weighted by molar-refractivity contribution is -0.445. The number of fused-ring (bicyclic) bond motifs is 3. The molecular weight excluding hydrogens is 192 g/mol. The molecule has 0 saturated carbocycles. The number of hydrogen-bond donors (Lipinski definition) is 0. The molecule has 15 heavy (non-hydrogen) atoms. The van der Waals surface area contributed by atoms with Gasteiger partial charge in [0.2, 0.25) is 0 Å². The molecule has 0 spiro atoms. The lowest BCUT2D eigenvalue weighted by Crippen LogP contribution is -2.60. The Morgan fingerprint density at radius 1 is 0.933 bits per heavy atom. The summed E-state index contributed by atoms with van der Waals surface area (Å²) in [6.45, 7) is 3.84. The van der Waals surface area contributed by atoms with E-state index >= 15 is 0 Å². The SMILES string of the molecule is CC12OCC(c3ccccc3)(CO1)CO2. The summed E-state index contributed by atoms with van der Waals surface area (Å²) < 4.78 is 16.7. The first-order valence-electron chi connectivity index (χ1n) is 5.20. The van der Waals surface area contributed by atoms with Gasteiger partial charge in [0, 0.05) is 6.92 Å². The van der Waals surface area contributed by atoms with Crippen molar-refractivity contribution in [1.29, 1.82) is 0 Å². The van der Waals surface area contributed by atoms with E-state index in [4.69, 9.17) is 14.2 Å². The van der Waals surface area contributed by atoms with Crippen molar-refractivity contribution in [3.05, 3.63) is 35.9 Å². The molecule has 0 aliphatic carbocycles. The third-order valence-electron chi connectivity index (χ3n) is 3.22. The Bertz CT molecular complexity index is 336. The molecule has 3 heteroatoms. The van der Waals surface area contributed by atoms with E-state index in [-0.39, 0.29) is 5.41 Å². The molecule has 3 aliphatic heterocycles. The summed E-state index contributed by atoms with van der Waals surface area (Å²) in [7, 11) is 0. The molecular formula is C12H14O3. The van der Waals surface area contributed by atoms with Gasteiger partial charge in [0.15, 0.2) is 0 Å². The molecule has 3 heterocycles. The van der Waals surface area contributed by atoms with Crippen LogP contribution in [0.2, 0.25) is 0 Å². The standard InChI is InChI=1S/C12H14O3/c1-11-13-7-12(8-14-11,9-15-11)10-5-3-2-4-6-10/h2-6H,7-9H2,1H3. The van der Waals surface area contributed by atoms with Crippen molar-refractivity contribution < 1.29 is 14.2 Å². The molecule has 3 fully saturated rings. The molecule has 0 N–H and O–H groups in total. The van der Waals surface area contributed by atoms with E-state index in [1.807, 2.05) is 25.1 Å². The molecule has 3 nitrogen and oxygen atoms in total. The van der Waals surface area contributed by atoms with Crippen LogP contribution in [0, 0.1) is 0 Å². The average Bonchev–Trinajstić information content (AvgIpc) is 2.32. The summed E-state index contributed by atoms with van der Waals surface area (Å²) in [5.41, 5.74) is 1.12. The van der Waals surface area contributed by atoms with E-state index in [2.05, 4.69) is 12.1 Å². The summed E-state index contributed by atoms with van der Waals surface area (Å²) in [6, 6.07) is 10.3. The summed E-state index contributed by atoms with van der Waals surface area (Å²) >= 11 is 0. The van der Waals surface area contributed by atoms with E-state index in [1.54, 1.807) is 0 Å². The molecule has 4 rings (SSSR count). The molecule has 3 saturated heterocycles. The second-order valence-electron chi connectivity index (χ2n) is 4.37. The highest BCUT2D eigenvalue weighted by Gasteiger charge is 2.50. The van der Waals surface area contributed by atoms with Gasteiger partial charge in [0.1, 0.15) is 0 Å². The van der Waals surface area contributed by atoms with Crippen LogP contribution in [-0.2, 0) is 19.6 Å². The smallest absolute Gasteiger partial charge is 0.279 e. The summed E-state index contributed by atoms with van der Waals surface area (Å²) in [6.07, 6.45) is 0. The molecule has 0 unspecified atom stereocenters. The lowest BCUT2D eigenvalue weighted by atomic mass is 9.81. The molecule has 1 aromatic rings. The molecule has 1 aromatic carbocycles. The zero-order valence-corrected chi connectivity index (χ0v) is 8.73. The highest BCUT2D eigenvalue weighted by atomic mass is 16.9. The van der Waals surface area contributed by atoms with Crippen molar-refractivity contribution in [2.24, 2.45) is 0 Å². The minimum absolute atomic E-state index is 0.112. The van der Waals surface area contributed by atoms with E-state index < -0.39 is 5.97 Å². The van der Waals surface area contributed by atoms with Gasteiger partial charge in [-0.1, -0.05) is 30.3 Å². The molecule has 2 bridgehead atoms. The normalized spacial score (nSPS) is 39.3. The van der Waals surface area contributed by atoms with Crippen molar-refractivity contribution in [3.8, 4) is 0 Å². The molecule has 3 aliphatic rings. The summed E-state index contributed by atoms with van der Waals surface area (Å²) in [5.74, 6) is -0.809. The fraction of sp³-hybridized carbons (Fsp3) is 0.500. The van der Waals surface area contributed by atoms with E-state index in [0.717, 1.165) is 0 Å². The van der Waals surface area contributed by atoms with Gasteiger partial charge in [-0.15, -0.1) is 0 Å². The van der Waals surface area contributed by atoms with Gasteiger partial charge < -0.3 is 14.2 Å². The zero-order chi connectivity index (χ0) is 10.4. The Kier molecular flexibility index (Phi) is 1.89. The van der Waals surface area contributed by atoms with Crippen LogP contribution in [0.4, 0.5) is 0 Å². The van der Waals surface area contributed by atoms with E-state index in [9.17, 15) is 0 Å². The molecule has 0 atom stereocenters. The van der Waals surface area contributed by atoms with Gasteiger partial charge >= 0.3 is 0 Å². The Hall–Kier alpha value is -0.900. The Balaban J connectivity index is 1.94. The molecule has 0 radical (unpaired) electrons. The number of benzene rings is 1. The van der Waals surface area contributed by atoms with Crippen molar-refractivity contribution >= 4 is 0 Å². The van der Waals surface area contributed by atoms with E-state index in [0.29, 0.717) is 19.8 Å². The van der Waals surface area contributed by atoms with Crippen LogP contribution >= 0.6 is 0 Å². The fourth-order valence-corrected chi connectivity index (χ4v) is 2.10. The van der Waals surface area contributed by atoms with Gasteiger partial charge in [-0.2, -0.15) is 0 Å². The van der Waals surface area contributed by atoms with Crippen LogP contribution in [0.1, 0.15) is 12.5 Å². The minimum Gasteiger partial charge on any atom is -0.327 e.